The van der Waals surface area contributed by atoms with Gasteiger partial charge in [-0.1, -0.05) is 0 Å². The maximum absolute atomic E-state index is 6.24. The molecule has 96 valence electrons. The van der Waals surface area contributed by atoms with E-state index in [0.29, 0.717) is 0 Å². The summed E-state index contributed by atoms with van der Waals surface area (Å²) in [4.78, 5) is 0. The van der Waals surface area contributed by atoms with E-state index in [1.165, 1.54) is 0 Å². The Morgan fingerprint density at radius 3 is 2.22 bits per heavy atom. The second kappa shape index (κ2) is 5.73. The van der Waals surface area contributed by atoms with Crippen LogP contribution < -0.4 is 15.2 Å². The van der Waals surface area contributed by atoms with Gasteiger partial charge in [-0.15, -0.1) is 0 Å². The highest BCUT2D eigenvalue weighted by Gasteiger charge is 2.15. The average Bonchev–Trinajstić information content (AvgIpc) is 2.92. The van der Waals surface area contributed by atoms with E-state index < -0.39 is 0 Å². The fourth-order valence-electron chi connectivity index (χ4n) is 1.71. The number of rotatable bonds is 4. The maximum atomic E-state index is 6.24. The lowest BCUT2D eigenvalue weighted by atomic mass is 10.0. The van der Waals surface area contributed by atoms with Crippen molar-refractivity contribution in [1.29, 1.82) is 0 Å². The lowest BCUT2D eigenvalue weighted by Gasteiger charge is -2.15. The molecule has 1 heterocycles. The molecule has 0 amide bonds. The van der Waals surface area contributed by atoms with Crippen molar-refractivity contribution in [2.75, 3.05) is 14.2 Å². The molecule has 2 rings (SSSR count). The van der Waals surface area contributed by atoms with Crippen molar-refractivity contribution in [3.8, 4) is 11.5 Å². The Labute approximate surface area is 119 Å². The molecule has 0 unspecified atom stereocenters. The first-order valence-electron chi connectivity index (χ1n) is 5.36. The fourth-order valence-corrected chi connectivity index (χ4v) is 2.96. The number of benzene rings is 1. The van der Waals surface area contributed by atoms with Crippen LogP contribution in [0.4, 0.5) is 0 Å². The van der Waals surface area contributed by atoms with Crippen LogP contribution in [0.1, 0.15) is 17.2 Å². The minimum atomic E-state index is -0.174. The van der Waals surface area contributed by atoms with Crippen molar-refractivity contribution in [1.82, 2.24) is 0 Å². The summed E-state index contributed by atoms with van der Waals surface area (Å²) in [6, 6.07) is 5.70. The minimum absolute atomic E-state index is 0.174. The van der Waals surface area contributed by atoms with Crippen LogP contribution >= 0.6 is 27.3 Å². The molecule has 18 heavy (non-hydrogen) atoms. The Morgan fingerprint density at radius 1 is 1.17 bits per heavy atom. The van der Waals surface area contributed by atoms with Crippen molar-refractivity contribution in [2.45, 2.75) is 6.04 Å². The van der Waals surface area contributed by atoms with Gasteiger partial charge in [0.05, 0.1) is 20.3 Å². The van der Waals surface area contributed by atoms with E-state index in [4.69, 9.17) is 15.2 Å². The van der Waals surface area contributed by atoms with E-state index in [9.17, 15) is 0 Å². The Bertz CT molecular complexity index is 503. The van der Waals surface area contributed by atoms with Crippen LogP contribution in [0.2, 0.25) is 0 Å². The topological polar surface area (TPSA) is 44.5 Å². The molecule has 0 bridgehead atoms. The predicted molar refractivity (Wildman–Crippen MR) is 77.6 cm³/mol. The third-order valence-electron chi connectivity index (χ3n) is 2.73. The molecule has 1 atom stereocenters. The third-order valence-corrected chi connectivity index (χ3v) is 4.21. The van der Waals surface area contributed by atoms with E-state index >= 15 is 0 Å². The minimum Gasteiger partial charge on any atom is -0.495 e. The fraction of sp³-hybridized carbons (Fsp3) is 0.231. The highest BCUT2D eigenvalue weighted by Crippen LogP contribution is 2.38. The van der Waals surface area contributed by atoms with E-state index in [2.05, 4.69) is 15.9 Å². The zero-order valence-electron chi connectivity index (χ0n) is 10.1. The van der Waals surface area contributed by atoms with Gasteiger partial charge in [-0.05, 0) is 56.0 Å². The van der Waals surface area contributed by atoms with Gasteiger partial charge in [-0.3, -0.25) is 0 Å². The quantitative estimate of drug-likeness (QED) is 0.933. The van der Waals surface area contributed by atoms with Crippen molar-refractivity contribution in [3.05, 3.63) is 44.6 Å². The van der Waals surface area contributed by atoms with E-state index in [1.807, 2.05) is 29.0 Å². The van der Waals surface area contributed by atoms with Gasteiger partial charge in [0.15, 0.2) is 0 Å². The van der Waals surface area contributed by atoms with Gasteiger partial charge in [0.1, 0.15) is 16.0 Å². The lowest BCUT2D eigenvalue weighted by molar-refractivity contribution is 0.388. The number of hydrogen-bond donors (Lipinski definition) is 1. The summed E-state index contributed by atoms with van der Waals surface area (Å²) in [6.07, 6.45) is 0. The Morgan fingerprint density at radius 2 is 1.78 bits per heavy atom. The summed E-state index contributed by atoms with van der Waals surface area (Å²) in [5.41, 5.74) is 8.29. The van der Waals surface area contributed by atoms with Crippen LogP contribution in [-0.4, -0.2) is 14.2 Å². The molecule has 1 aromatic carbocycles. The van der Waals surface area contributed by atoms with Crippen LogP contribution in [0.15, 0.2) is 33.4 Å². The number of hydrogen-bond acceptors (Lipinski definition) is 4. The van der Waals surface area contributed by atoms with Gasteiger partial charge in [0.2, 0.25) is 0 Å². The maximum Gasteiger partial charge on any atom is 0.137 e. The van der Waals surface area contributed by atoms with Gasteiger partial charge in [-0.2, -0.15) is 11.3 Å². The number of methoxy groups -OCH3 is 2. The molecule has 1 aromatic heterocycles. The van der Waals surface area contributed by atoms with E-state index in [1.54, 1.807) is 25.6 Å². The summed E-state index contributed by atoms with van der Waals surface area (Å²) in [6.45, 7) is 0. The number of ether oxygens (including phenoxy) is 2. The zero-order chi connectivity index (χ0) is 13.1. The average molecular weight is 328 g/mol. The summed E-state index contributed by atoms with van der Waals surface area (Å²) < 4.78 is 11.4. The number of halogens is 1. The van der Waals surface area contributed by atoms with Gasteiger partial charge < -0.3 is 15.2 Å². The van der Waals surface area contributed by atoms with Crippen molar-refractivity contribution < 1.29 is 9.47 Å². The lowest BCUT2D eigenvalue weighted by Crippen LogP contribution is -2.11. The van der Waals surface area contributed by atoms with Gasteiger partial charge in [-0.25, -0.2) is 0 Å². The summed E-state index contributed by atoms with van der Waals surface area (Å²) in [5.74, 6) is 1.44. The molecule has 0 radical (unpaired) electrons. The second-order valence-corrected chi connectivity index (χ2v) is 5.35. The van der Waals surface area contributed by atoms with Crippen LogP contribution in [0, 0.1) is 0 Å². The van der Waals surface area contributed by atoms with Gasteiger partial charge in [0.25, 0.3) is 0 Å². The van der Waals surface area contributed by atoms with Crippen LogP contribution in [0.3, 0.4) is 0 Å². The molecule has 0 saturated heterocycles. The molecule has 0 aliphatic heterocycles. The summed E-state index contributed by atoms with van der Waals surface area (Å²) in [5, 5.41) is 4.06. The highest BCUT2D eigenvalue weighted by molar-refractivity contribution is 9.10. The smallest absolute Gasteiger partial charge is 0.137 e. The van der Waals surface area contributed by atoms with E-state index in [-0.39, 0.29) is 6.04 Å². The molecule has 0 aliphatic rings. The number of thiophene rings is 1. The van der Waals surface area contributed by atoms with Crippen LogP contribution in [0.5, 0.6) is 11.5 Å². The van der Waals surface area contributed by atoms with Crippen LogP contribution in [0.25, 0.3) is 0 Å². The first-order valence-corrected chi connectivity index (χ1v) is 7.10. The van der Waals surface area contributed by atoms with Gasteiger partial charge >= 0.3 is 0 Å². The predicted octanol–water partition coefficient (Wildman–Crippen LogP) is 3.58. The normalized spacial score (nSPS) is 12.2. The molecule has 2 N–H and O–H groups in total. The molecule has 0 saturated carbocycles. The molecule has 0 fully saturated rings. The SMILES string of the molecule is COc1cc([C@@H](N)c2ccsc2)cc(OC)c1Br. The van der Waals surface area contributed by atoms with Crippen molar-refractivity contribution in [2.24, 2.45) is 5.73 Å². The highest BCUT2D eigenvalue weighted by atomic mass is 79.9. The second-order valence-electron chi connectivity index (χ2n) is 3.77. The van der Waals surface area contributed by atoms with E-state index in [0.717, 1.165) is 27.1 Å². The molecule has 3 nitrogen and oxygen atoms in total. The molecular formula is C13H14BrNO2S. The van der Waals surface area contributed by atoms with Crippen molar-refractivity contribution >= 4 is 27.3 Å². The molecular weight excluding hydrogens is 314 g/mol. The Kier molecular flexibility index (Phi) is 4.27. The first-order chi connectivity index (χ1) is 8.67. The summed E-state index contributed by atoms with van der Waals surface area (Å²) >= 11 is 5.08. The zero-order valence-corrected chi connectivity index (χ0v) is 12.5. The summed E-state index contributed by atoms with van der Waals surface area (Å²) in [7, 11) is 3.25. The monoisotopic (exact) mass is 327 g/mol. The first kappa shape index (κ1) is 13.4. The Balaban J connectivity index is 2.45. The number of nitrogens with two attached hydrogens (primary N) is 1. The molecule has 2 aromatic rings. The molecule has 0 aliphatic carbocycles. The van der Waals surface area contributed by atoms with Crippen LogP contribution in [-0.2, 0) is 0 Å². The third kappa shape index (κ3) is 2.53. The molecule has 5 heteroatoms. The largest absolute Gasteiger partial charge is 0.495 e. The Hall–Kier alpha value is -1.04. The van der Waals surface area contributed by atoms with Crippen molar-refractivity contribution in [3.63, 3.8) is 0 Å². The molecule has 0 spiro atoms. The standard InChI is InChI=1S/C13H14BrNO2S/c1-16-10-5-9(6-11(17-2)12(10)14)13(15)8-3-4-18-7-8/h3-7,13H,15H2,1-2H3/t13-/m0/s1. The van der Waals surface area contributed by atoms with Gasteiger partial charge in [0, 0.05) is 0 Å².